The zero-order valence-corrected chi connectivity index (χ0v) is 14.4. The first-order valence-corrected chi connectivity index (χ1v) is 8.31. The lowest BCUT2D eigenvalue weighted by atomic mass is 10.2. The SMILES string of the molecule is O=C(Nc1ccc2oc(-c3cc(F)c(F)cc3Cl)nc2c1)c1ccccc1. The van der Waals surface area contributed by atoms with E-state index < -0.39 is 11.6 Å². The van der Waals surface area contributed by atoms with Crippen LogP contribution in [0.5, 0.6) is 0 Å². The van der Waals surface area contributed by atoms with Crippen LogP contribution >= 0.6 is 11.6 Å². The zero-order chi connectivity index (χ0) is 19.0. The number of rotatable bonds is 3. The highest BCUT2D eigenvalue weighted by Gasteiger charge is 2.16. The second kappa shape index (κ2) is 6.81. The van der Waals surface area contributed by atoms with Gasteiger partial charge >= 0.3 is 0 Å². The van der Waals surface area contributed by atoms with Crippen molar-refractivity contribution in [2.45, 2.75) is 0 Å². The van der Waals surface area contributed by atoms with Crippen LogP contribution in [0.4, 0.5) is 14.5 Å². The molecular formula is C20H11ClF2N2O2. The highest BCUT2D eigenvalue weighted by Crippen LogP contribution is 2.32. The van der Waals surface area contributed by atoms with Crippen LogP contribution in [0.3, 0.4) is 0 Å². The molecular weight excluding hydrogens is 374 g/mol. The van der Waals surface area contributed by atoms with Crippen LogP contribution in [0, 0.1) is 11.6 Å². The van der Waals surface area contributed by atoms with Gasteiger partial charge in [0.05, 0.1) is 10.6 Å². The molecule has 0 radical (unpaired) electrons. The Labute approximate surface area is 157 Å². The fraction of sp³-hybridized carbons (Fsp3) is 0. The van der Waals surface area contributed by atoms with E-state index in [9.17, 15) is 13.6 Å². The molecule has 4 nitrogen and oxygen atoms in total. The van der Waals surface area contributed by atoms with Crippen LogP contribution in [-0.4, -0.2) is 10.9 Å². The summed E-state index contributed by atoms with van der Waals surface area (Å²) in [6.07, 6.45) is 0. The minimum atomic E-state index is -1.05. The molecule has 4 rings (SSSR count). The highest BCUT2D eigenvalue weighted by molar-refractivity contribution is 6.33. The first kappa shape index (κ1) is 17.2. The van der Waals surface area contributed by atoms with Gasteiger partial charge in [0.1, 0.15) is 5.52 Å². The molecule has 0 aliphatic carbocycles. The molecule has 1 heterocycles. The van der Waals surface area contributed by atoms with Gasteiger partial charge in [0.2, 0.25) is 5.89 Å². The molecule has 1 amide bonds. The highest BCUT2D eigenvalue weighted by atomic mass is 35.5. The summed E-state index contributed by atoms with van der Waals surface area (Å²) in [7, 11) is 0. The van der Waals surface area contributed by atoms with Gasteiger partial charge in [-0.15, -0.1) is 0 Å². The Hall–Kier alpha value is -3.25. The van der Waals surface area contributed by atoms with Crippen LogP contribution in [0.25, 0.3) is 22.6 Å². The van der Waals surface area contributed by atoms with Crippen molar-refractivity contribution in [2.24, 2.45) is 0 Å². The van der Waals surface area contributed by atoms with Gasteiger partial charge in [-0.3, -0.25) is 4.79 Å². The van der Waals surface area contributed by atoms with Crippen molar-refractivity contribution < 1.29 is 18.0 Å². The minimum absolute atomic E-state index is 0.0157. The standard InChI is InChI=1S/C20H11ClF2N2O2/c21-14-10-16(23)15(22)9-13(14)20-25-17-8-12(6-7-18(17)27-20)24-19(26)11-4-2-1-3-5-11/h1-10H,(H,24,26). The molecule has 0 aliphatic heterocycles. The summed E-state index contributed by atoms with van der Waals surface area (Å²) < 4.78 is 32.3. The summed E-state index contributed by atoms with van der Waals surface area (Å²) >= 11 is 5.97. The topological polar surface area (TPSA) is 55.1 Å². The predicted octanol–water partition coefficient (Wildman–Crippen LogP) is 5.68. The molecule has 3 aromatic carbocycles. The summed E-state index contributed by atoms with van der Waals surface area (Å²) in [4.78, 5) is 16.5. The van der Waals surface area contributed by atoms with Gasteiger partial charge in [0.15, 0.2) is 17.2 Å². The van der Waals surface area contributed by atoms with Crippen LogP contribution in [-0.2, 0) is 0 Å². The average molecular weight is 385 g/mol. The van der Waals surface area contributed by atoms with Crippen molar-refractivity contribution in [1.29, 1.82) is 0 Å². The number of hydrogen-bond acceptors (Lipinski definition) is 3. The summed E-state index contributed by atoms with van der Waals surface area (Å²) in [5, 5.41) is 2.76. The number of halogens is 3. The number of carbonyl (C=O) groups is 1. The number of oxazole rings is 1. The quantitative estimate of drug-likeness (QED) is 0.462. The van der Waals surface area contributed by atoms with E-state index in [0.717, 1.165) is 12.1 Å². The van der Waals surface area contributed by atoms with E-state index in [1.165, 1.54) is 0 Å². The first-order chi connectivity index (χ1) is 13.0. The van der Waals surface area contributed by atoms with Crippen LogP contribution in [0.1, 0.15) is 10.4 Å². The van der Waals surface area contributed by atoms with E-state index in [0.29, 0.717) is 22.4 Å². The number of fused-ring (bicyclic) bond motifs is 1. The fourth-order valence-corrected chi connectivity index (χ4v) is 2.83. The fourth-order valence-electron chi connectivity index (χ4n) is 2.60. The molecule has 0 bridgehead atoms. The molecule has 0 atom stereocenters. The van der Waals surface area contributed by atoms with Crippen LogP contribution in [0.2, 0.25) is 5.02 Å². The molecule has 4 aromatic rings. The van der Waals surface area contributed by atoms with Crippen molar-refractivity contribution in [2.75, 3.05) is 5.32 Å². The Morgan fingerprint density at radius 1 is 1.00 bits per heavy atom. The summed E-state index contributed by atoms with van der Waals surface area (Å²) in [6.45, 7) is 0. The third-order valence-corrected chi connectivity index (χ3v) is 4.23. The second-order valence-electron chi connectivity index (χ2n) is 5.77. The lowest BCUT2D eigenvalue weighted by Crippen LogP contribution is -2.11. The Morgan fingerprint density at radius 3 is 2.52 bits per heavy atom. The molecule has 0 aliphatic rings. The molecule has 1 N–H and O–H groups in total. The van der Waals surface area contributed by atoms with Crippen molar-refractivity contribution >= 4 is 34.3 Å². The first-order valence-electron chi connectivity index (χ1n) is 7.93. The maximum Gasteiger partial charge on any atom is 0.255 e. The summed E-state index contributed by atoms with van der Waals surface area (Å²) in [5.41, 5.74) is 2.04. The van der Waals surface area contributed by atoms with Crippen molar-refractivity contribution in [3.05, 3.63) is 82.9 Å². The molecule has 0 fully saturated rings. The third-order valence-electron chi connectivity index (χ3n) is 3.92. The number of aromatic nitrogens is 1. The molecule has 0 saturated heterocycles. The minimum Gasteiger partial charge on any atom is -0.436 e. The maximum absolute atomic E-state index is 13.5. The molecule has 0 saturated carbocycles. The second-order valence-corrected chi connectivity index (χ2v) is 6.18. The number of nitrogens with zero attached hydrogens (tertiary/aromatic N) is 1. The van der Waals surface area contributed by atoms with E-state index in [4.69, 9.17) is 16.0 Å². The predicted molar refractivity (Wildman–Crippen MR) is 98.8 cm³/mol. The Morgan fingerprint density at radius 2 is 1.74 bits per heavy atom. The van der Waals surface area contributed by atoms with Gasteiger partial charge in [-0.2, -0.15) is 0 Å². The van der Waals surface area contributed by atoms with E-state index in [-0.39, 0.29) is 22.4 Å². The number of nitrogens with one attached hydrogen (secondary N) is 1. The summed E-state index contributed by atoms with van der Waals surface area (Å²) in [6, 6.07) is 15.5. The number of carbonyl (C=O) groups excluding carboxylic acids is 1. The summed E-state index contributed by atoms with van der Waals surface area (Å²) in [5.74, 6) is -2.30. The number of anilines is 1. The van der Waals surface area contributed by atoms with Gasteiger partial charge in [0.25, 0.3) is 5.91 Å². The molecule has 0 unspecified atom stereocenters. The molecule has 27 heavy (non-hydrogen) atoms. The lowest BCUT2D eigenvalue weighted by molar-refractivity contribution is 0.102. The van der Waals surface area contributed by atoms with E-state index in [1.807, 2.05) is 6.07 Å². The monoisotopic (exact) mass is 384 g/mol. The van der Waals surface area contributed by atoms with Crippen molar-refractivity contribution in [3.63, 3.8) is 0 Å². The van der Waals surface area contributed by atoms with Crippen molar-refractivity contribution in [3.8, 4) is 11.5 Å². The molecule has 0 spiro atoms. The van der Waals surface area contributed by atoms with Gasteiger partial charge in [0, 0.05) is 11.3 Å². The van der Waals surface area contributed by atoms with E-state index >= 15 is 0 Å². The number of hydrogen-bond donors (Lipinski definition) is 1. The van der Waals surface area contributed by atoms with Gasteiger partial charge in [-0.1, -0.05) is 29.8 Å². The Bertz CT molecular complexity index is 1160. The van der Waals surface area contributed by atoms with E-state index in [2.05, 4.69) is 10.3 Å². The zero-order valence-electron chi connectivity index (χ0n) is 13.7. The average Bonchev–Trinajstić information content (AvgIpc) is 3.08. The molecule has 7 heteroatoms. The maximum atomic E-state index is 13.5. The van der Waals surface area contributed by atoms with Crippen molar-refractivity contribution in [1.82, 2.24) is 4.98 Å². The van der Waals surface area contributed by atoms with Crippen LogP contribution < -0.4 is 5.32 Å². The number of benzene rings is 3. The van der Waals surface area contributed by atoms with Crippen LogP contribution in [0.15, 0.2) is 65.1 Å². The molecule has 134 valence electrons. The van der Waals surface area contributed by atoms with Gasteiger partial charge in [-0.05, 0) is 42.5 Å². The number of amides is 1. The Balaban J connectivity index is 1.66. The smallest absolute Gasteiger partial charge is 0.255 e. The Kier molecular flexibility index (Phi) is 4.33. The van der Waals surface area contributed by atoms with Gasteiger partial charge < -0.3 is 9.73 Å². The largest absolute Gasteiger partial charge is 0.436 e. The molecule has 1 aromatic heterocycles. The third kappa shape index (κ3) is 3.39. The van der Waals surface area contributed by atoms with Gasteiger partial charge in [-0.25, -0.2) is 13.8 Å². The van der Waals surface area contributed by atoms with E-state index in [1.54, 1.807) is 42.5 Å². The lowest BCUT2D eigenvalue weighted by Gasteiger charge is -2.04. The normalized spacial score (nSPS) is 10.9.